The molecule has 1 aromatic heterocycles. The lowest BCUT2D eigenvalue weighted by Gasteiger charge is -2.35. The lowest BCUT2D eigenvalue weighted by Crippen LogP contribution is -2.52. The number of carbonyl (C=O) groups excluding carboxylic acids is 2. The van der Waals surface area contributed by atoms with Crippen LogP contribution in [-0.2, 0) is 14.8 Å². The molecule has 1 amide bonds. The van der Waals surface area contributed by atoms with Gasteiger partial charge in [-0.15, -0.1) is 0 Å². The highest BCUT2D eigenvalue weighted by atomic mass is 32.2. The summed E-state index contributed by atoms with van der Waals surface area (Å²) in [4.78, 5) is 32.1. The summed E-state index contributed by atoms with van der Waals surface area (Å²) >= 11 is 0. The SMILES string of the molecule is COc1ccc2c(c1)N(CN1CCN(S(=O)(=O)c3cccnc3)CC1)C(=O)C2=O. The highest BCUT2D eigenvalue weighted by Crippen LogP contribution is 2.32. The molecule has 1 saturated heterocycles. The first kappa shape index (κ1) is 19.5. The van der Waals surface area contributed by atoms with Gasteiger partial charge in [-0.05, 0) is 24.3 Å². The maximum Gasteiger partial charge on any atom is 0.300 e. The van der Waals surface area contributed by atoms with Gasteiger partial charge in [-0.2, -0.15) is 4.31 Å². The summed E-state index contributed by atoms with van der Waals surface area (Å²) in [6.07, 6.45) is 2.86. The molecule has 2 aliphatic heterocycles. The minimum atomic E-state index is -3.60. The summed E-state index contributed by atoms with van der Waals surface area (Å²) in [5.74, 6) is -0.567. The Morgan fingerprint density at radius 2 is 1.86 bits per heavy atom. The Balaban J connectivity index is 1.46. The van der Waals surface area contributed by atoms with Gasteiger partial charge in [0, 0.05) is 44.6 Å². The molecule has 0 unspecified atom stereocenters. The largest absolute Gasteiger partial charge is 0.497 e. The van der Waals surface area contributed by atoms with Crippen molar-refractivity contribution in [3.63, 3.8) is 0 Å². The molecule has 2 aliphatic rings. The molecular formula is C19H20N4O5S. The number of anilines is 1. The number of aromatic nitrogens is 1. The second kappa shape index (κ2) is 7.54. The quantitative estimate of drug-likeness (QED) is 0.658. The Morgan fingerprint density at radius 3 is 2.52 bits per heavy atom. The van der Waals surface area contributed by atoms with Crippen molar-refractivity contribution in [1.82, 2.24) is 14.2 Å². The Hall–Kier alpha value is -2.82. The van der Waals surface area contributed by atoms with Crippen LogP contribution in [0, 0.1) is 0 Å². The number of fused-ring (bicyclic) bond motifs is 1. The summed E-state index contributed by atoms with van der Waals surface area (Å²) in [5.41, 5.74) is 0.873. The molecule has 0 saturated carbocycles. The van der Waals surface area contributed by atoms with E-state index in [1.54, 1.807) is 24.3 Å². The molecule has 29 heavy (non-hydrogen) atoms. The molecule has 2 aromatic rings. The molecule has 0 radical (unpaired) electrons. The van der Waals surface area contributed by atoms with Crippen molar-refractivity contribution in [1.29, 1.82) is 0 Å². The van der Waals surface area contributed by atoms with E-state index in [2.05, 4.69) is 4.98 Å². The molecule has 10 heteroatoms. The minimum absolute atomic E-state index is 0.162. The maximum absolute atomic E-state index is 12.7. The molecule has 152 valence electrons. The number of amides is 1. The van der Waals surface area contributed by atoms with Crippen molar-refractivity contribution < 1.29 is 22.7 Å². The van der Waals surface area contributed by atoms with Crippen molar-refractivity contribution in [2.75, 3.05) is 44.9 Å². The first-order valence-electron chi connectivity index (χ1n) is 9.08. The Labute approximate surface area is 168 Å². The molecule has 0 bridgehead atoms. The summed E-state index contributed by atoms with van der Waals surface area (Å²) in [5, 5.41) is 0. The molecule has 1 aromatic carbocycles. The van der Waals surface area contributed by atoms with Gasteiger partial charge in [0.1, 0.15) is 10.6 Å². The van der Waals surface area contributed by atoms with Crippen LogP contribution in [0.1, 0.15) is 10.4 Å². The van der Waals surface area contributed by atoms with E-state index in [0.29, 0.717) is 30.1 Å². The normalized spacial score (nSPS) is 18.2. The molecule has 1 fully saturated rings. The van der Waals surface area contributed by atoms with Crippen LogP contribution in [0.3, 0.4) is 0 Å². The fraction of sp³-hybridized carbons (Fsp3) is 0.316. The summed E-state index contributed by atoms with van der Waals surface area (Å²) in [6.45, 7) is 1.68. The van der Waals surface area contributed by atoms with E-state index in [4.69, 9.17) is 4.74 Å². The number of hydrogen-bond donors (Lipinski definition) is 0. The first-order valence-corrected chi connectivity index (χ1v) is 10.5. The third-order valence-electron chi connectivity index (χ3n) is 5.12. The number of pyridine rings is 1. The van der Waals surface area contributed by atoms with Crippen molar-refractivity contribution in [2.24, 2.45) is 0 Å². The third-order valence-corrected chi connectivity index (χ3v) is 7.01. The van der Waals surface area contributed by atoms with Crippen molar-refractivity contribution in [2.45, 2.75) is 4.90 Å². The molecule has 0 atom stereocenters. The van der Waals surface area contributed by atoms with Crippen LogP contribution < -0.4 is 9.64 Å². The van der Waals surface area contributed by atoms with Crippen LogP contribution in [0.15, 0.2) is 47.6 Å². The zero-order valence-corrected chi connectivity index (χ0v) is 16.6. The van der Waals surface area contributed by atoms with Crippen molar-refractivity contribution in [3.8, 4) is 5.75 Å². The standard InChI is InChI=1S/C19H20N4O5S/c1-28-14-4-5-16-17(11-14)23(19(25)18(16)24)13-21-7-9-22(10-8-21)29(26,27)15-3-2-6-20-12-15/h2-6,11-12H,7-10,13H2,1H3. The Kier molecular flexibility index (Phi) is 5.07. The predicted molar refractivity (Wildman–Crippen MR) is 104 cm³/mol. The van der Waals surface area contributed by atoms with Crippen LogP contribution in [0.4, 0.5) is 5.69 Å². The van der Waals surface area contributed by atoms with Gasteiger partial charge >= 0.3 is 5.91 Å². The van der Waals surface area contributed by atoms with E-state index >= 15 is 0 Å². The minimum Gasteiger partial charge on any atom is -0.497 e. The Bertz CT molecular complexity index is 1050. The monoisotopic (exact) mass is 416 g/mol. The molecular weight excluding hydrogens is 396 g/mol. The second-order valence-electron chi connectivity index (χ2n) is 6.80. The molecule has 9 nitrogen and oxygen atoms in total. The summed E-state index contributed by atoms with van der Waals surface area (Å²) in [7, 11) is -2.08. The number of benzene rings is 1. The van der Waals surface area contributed by atoms with Gasteiger partial charge < -0.3 is 4.74 Å². The number of sulfonamides is 1. The molecule has 4 rings (SSSR count). The van der Waals surface area contributed by atoms with Crippen LogP contribution in [0.5, 0.6) is 5.75 Å². The second-order valence-corrected chi connectivity index (χ2v) is 8.74. The van der Waals surface area contributed by atoms with Crippen LogP contribution in [0.2, 0.25) is 0 Å². The number of hydrogen-bond acceptors (Lipinski definition) is 7. The van der Waals surface area contributed by atoms with E-state index in [0.717, 1.165) is 0 Å². The molecule has 0 aliphatic carbocycles. The number of Topliss-reactive ketones (excluding diaryl/α,β-unsaturated/α-hetero) is 1. The van der Waals surface area contributed by atoms with E-state index in [9.17, 15) is 18.0 Å². The topological polar surface area (TPSA) is 100 Å². The van der Waals surface area contributed by atoms with E-state index in [-0.39, 0.29) is 24.7 Å². The molecule has 0 N–H and O–H groups in total. The zero-order valence-electron chi connectivity index (χ0n) is 15.8. The van der Waals surface area contributed by atoms with Crippen LogP contribution in [0.25, 0.3) is 0 Å². The number of methoxy groups -OCH3 is 1. The number of rotatable bonds is 5. The zero-order chi connectivity index (χ0) is 20.6. The van der Waals surface area contributed by atoms with Gasteiger partial charge in [-0.3, -0.25) is 24.4 Å². The van der Waals surface area contributed by atoms with Gasteiger partial charge in [0.25, 0.3) is 5.78 Å². The summed E-state index contributed by atoms with van der Waals surface area (Å²) < 4.78 is 32.0. The molecule has 3 heterocycles. The maximum atomic E-state index is 12.7. The van der Waals surface area contributed by atoms with E-state index < -0.39 is 21.7 Å². The van der Waals surface area contributed by atoms with Crippen LogP contribution >= 0.6 is 0 Å². The average Bonchev–Trinajstić information content (AvgIpc) is 2.99. The smallest absolute Gasteiger partial charge is 0.300 e. The predicted octanol–water partition coefficient (Wildman–Crippen LogP) is 0.584. The van der Waals surface area contributed by atoms with Crippen molar-refractivity contribution in [3.05, 3.63) is 48.3 Å². The van der Waals surface area contributed by atoms with Gasteiger partial charge in [0.05, 0.1) is 25.0 Å². The van der Waals surface area contributed by atoms with Gasteiger partial charge in [-0.25, -0.2) is 8.42 Å². The van der Waals surface area contributed by atoms with E-state index in [1.807, 2.05) is 4.90 Å². The summed E-state index contributed by atoms with van der Waals surface area (Å²) in [6, 6.07) is 8.02. The lowest BCUT2D eigenvalue weighted by molar-refractivity contribution is -0.114. The number of ketones is 1. The molecule has 0 spiro atoms. The highest BCUT2D eigenvalue weighted by Gasteiger charge is 2.38. The average molecular weight is 416 g/mol. The number of ether oxygens (including phenoxy) is 1. The van der Waals surface area contributed by atoms with Crippen LogP contribution in [-0.4, -0.2) is 74.3 Å². The first-order chi connectivity index (χ1) is 13.9. The number of piperazine rings is 1. The van der Waals surface area contributed by atoms with Gasteiger partial charge in [0.15, 0.2) is 0 Å². The van der Waals surface area contributed by atoms with Gasteiger partial charge in [0.2, 0.25) is 10.0 Å². The Morgan fingerprint density at radius 1 is 1.10 bits per heavy atom. The van der Waals surface area contributed by atoms with Gasteiger partial charge in [-0.1, -0.05) is 0 Å². The lowest BCUT2D eigenvalue weighted by atomic mass is 10.1. The fourth-order valence-corrected chi connectivity index (χ4v) is 4.89. The number of carbonyl (C=O) groups is 2. The third kappa shape index (κ3) is 3.50. The van der Waals surface area contributed by atoms with Crippen molar-refractivity contribution >= 4 is 27.4 Å². The fourth-order valence-electron chi connectivity index (χ4n) is 3.50. The number of nitrogens with zero attached hydrogens (tertiary/aromatic N) is 4. The highest BCUT2D eigenvalue weighted by molar-refractivity contribution is 7.89. The van der Waals surface area contributed by atoms with E-state index in [1.165, 1.54) is 34.8 Å².